The third-order valence-corrected chi connectivity index (χ3v) is 4.29. The maximum Gasteiger partial charge on any atom is 0.264 e. The van der Waals surface area contributed by atoms with Gasteiger partial charge in [-0.15, -0.1) is 0 Å². The molecule has 3 rings (SSSR count). The number of nitrogens with one attached hydrogen (secondary N) is 1. The summed E-state index contributed by atoms with van der Waals surface area (Å²) < 4.78 is 11.3. The fraction of sp³-hybridized carbons (Fsp3) is 0.333. The fourth-order valence-corrected chi connectivity index (χ4v) is 2.68. The zero-order chi connectivity index (χ0) is 15.0. The summed E-state index contributed by atoms with van der Waals surface area (Å²) in [5.41, 5.74) is 1.55. The molecule has 1 N–H and O–H groups in total. The Kier molecular flexibility index (Phi) is 3.88. The summed E-state index contributed by atoms with van der Waals surface area (Å²) in [7, 11) is 0. The number of ether oxygens (including phenoxy) is 2. The van der Waals surface area contributed by atoms with Gasteiger partial charge in [-0.25, -0.2) is 4.98 Å². The van der Waals surface area contributed by atoms with Crippen LogP contribution in [-0.4, -0.2) is 16.8 Å². The van der Waals surface area contributed by atoms with Crippen LogP contribution in [0.4, 0.5) is 0 Å². The van der Waals surface area contributed by atoms with Gasteiger partial charge in [0.05, 0.1) is 9.26 Å². The van der Waals surface area contributed by atoms with Crippen LogP contribution in [0, 0.1) is 9.49 Å². The molecule has 0 bridgehead atoms. The van der Waals surface area contributed by atoms with Crippen LogP contribution in [0.1, 0.15) is 19.5 Å². The van der Waals surface area contributed by atoms with Crippen molar-refractivity contribution in [1.82, 2.24) is 9.97 Å². The molecule has 0 unspecified atom stereocenters. The predicted molar refractivity (Wildman–Crippen MR) is 87.7 cm³/mol. The molecule has 1 aliphatic rings. The highest BCUT2D eigenvalue weighted by Gasteiger charge is 2.16. The number of hydrogen-bond donors (Lipinski definition) is 1. The Balaban J connectivity index is 2.06. The van der Waals surface area contributed by atoms with Gasteiger partial charge in [0, 0.05) is 5.56 Å². The van der Waals surface area contributed by atoms with E-state index in [-0.39, 0.29) is 12.4 Å². The van der Waals surface area contributed by atoms with Gasteiger partial charge in [0.15, 0.2) is 11.5 Å². The second kappa shape index (κ2) is 5.67. The lowest BCUT2D eigenvalue weighted by atomic mass is 10.1. The van der Waals surface area contributed by atoms with Crippen molar-refractivity contribution in [3.63, 3.8) is 0 Å². The molecule has 1 aromatic heterocycles. The van der Waals surface area contributed by atoms with Gasteiger partial charge in [-0.1, -0.05) is 13.8 Å². The molecule has 2 aromatic rings. The Bertz CT molecular complexity index is 740. The van der Waals surface area contributed by atoms with Gasteiger partial charge in [-0.2, -0.15) is 0 Å². The average molecular weight is 398 g/mol. The van der Waals surface area contributed by atoms with Gasteiger partial charge < -0.3 is 14.5 Å². The number of fused-ring (bicyclic) bond motifs is 1. The van der Waals surface area contributed by atoms with E-state index in [0.717, 1.165) is 17.7 Å². The normalized spacial score (nSPS) is 13.0. The monoisotopic (exact) mass is 398 g/mol. The molecule has 0 aliphatic carbocycles. The highest BCUT2D eigenvalue weighted by molar-refractivity contribution is 14.1. The first-order chi connectivity index (χ1) is 10.0. The molecule has 0 fully saturated rings. The number of halogens is 1. The minimum Gasteiger partial charge on any atom is -0.454 e. The Morgan fingerprint density at radius 2 is 2.10 bits per heavy atom. The standard InChI is InChI=1S/C15H15IN2O3/c1-8(2)5-10-13(16)15(19)18-14(17-10)9-3-4-11-12(6-9)21-7-20-11/h3-4,6,8H,5,7H2,1-2H3,(H,17,18,19). The quantitative estimate of drug-likeness (QED) is 0.808. The lowest BCUT2D eigenvalue weighted by Gasteiger charge is -2.09. The Morgan fingerprint density at radius 1 is 1.33 bits per heavy atom. The highest BCUT2D eigenvalue weighted by Crippen LogP contribution is 2.35. The van der Waals surface area contributed by atoms with Crippen molar-refractivity contribution in [3.05, 3.63) is 37.8 Å². The van der Waals surface area contributed by atoms with E-state index in [0.29, 0.717) is 26.8 Å². The van der Waals surface area contributed by atoms with Gasteiger partial charge in [-0.3, -0.25) is 4.79 Å². The fourth-order valence-electron chi connectivity index (χ4n) is 2.21. The number of benzene rings is 1. The van der Waals surface area contributed by atoms with E-state index in [9.17, 15) is 4.79 Å². The second-order valence-corrected chi connectivity index (χ2v) is 6.42. The number of rotatable bonds is 3. The summed E-state index contributed by atoms with van der Waals surface area (Å²) in [5.74, 6) is 2.40. The van der Waals surface area contributed by atoms with Crippen LogP contribution in [0.2, 0.25) is 0 Å². The van der Waals surface area contributed by atoms with Gasteiger partial charge in [-0.05, 0) is 53.1 Å². The predicted octanol–water partition coefficient (Wildman–Crippen LogP) is 2.97. The molecule has 2 heterocycles. The smallest absolute Gasteiger partial charge is 0.264 e. The second-order valence-electron chi connectivity index (χ2n) is 5.34. The summed E-state index contributed by atoms with van der Waals surface area (Å²) in [6.45, 7) is 4.45. The molecule has 5 nitrogen and oxygen atoms in total. The first-order valence-corrected chi connectivity index (χ1v) is 7.81. The third kappa shape index (κ3) is 2.90. The summed E-state index contributed by atoms with van der Waals surface area (Å²) >= 11 is 2.05. The molecule has 0 saturated heterocycles. The van der Waals surface area contributed by atoms with Crippen LogP contribution < -0.4 is 15.0 Å². The number of nitrogens with zero attached hydrogens (tertiary/aromatic N) is 1. The molecule has 1 aliphatic heterocycles. The number of aromatic amines is 1. The van der Waals surface area contributed by atoms with Crippen LogP contribution in [0.5, 0.6) is 11.5 Å². The van der Waals surface area contributed by atoms with Gasteiger partial charge >= 0.3 is 0 Å². The van der Waals surface area contributed by atoms with E-state index in [4.69, 9.17) is 9.47 Å². The van der Waals surface area contributed by atoms with Crippen molar-refractivity contribution in [3.8, 4) is 22.9 Å². The van der Waals surface area contributed by atoms with Crippen molar-refractivity contribution in [2.45, 2.75) is 20.3 Å². The Labute approximate surface area is 135 Å². The minimum absolute atomic E-state index is 0.103. The molecule has 0 saturated carbocycles. The van der Waals surface area contributed by atoms with Gasteiger partial charge in [0.25, 0.3) is 5.56 Å². The lowest BCUT2D eigenvalue weighted by molar-refractivity contribution is 0.174. The maximum atomic E-state index is 12.1. The molecule has 0 atom stereocenters. The van der Waals surface area contributed by atoms with Crippen LogP contribution in [0.25, 0.3) is 11.4 Å². The summed E-state index contributed by atoms with van der Waals surface area (Å²) in [4.78, 5) is 19.5. The SMILES string of the molecule is CC(C)Cc1nc(-c2ccc3c(c2)OCO3)[nH]c(=O)c1I. The van der Waals surface area contributed by atoms with Crippen molar-refractivity contribution in [2.24, 2.45) is 5.92 Å². The van der Waals surface area contributed by atoms with Crippen LogP contribution >= 0.6 is 22.6 Å². The molecule has 0 spiro atoms. The first-order valence-electron chi connectivity index (χ1n) is 6.73. The first kappa shape index (κ1) is 14.4. The third-order valence-electron chi connectivity index (χ3n) is 3.18. The van der Waals surface area contributed by atoms with Crippen molar-refractivity contribution < 1.29 is 9.47 Å². The molecule has 21 heavy (non-hydrogen) atoms. The molecular formula is C15H15IN2O3. The zero-order valence-corrected chi connectivity index (χ0v) is 13.9. The largest absolute Gasteiger partial charge is 0.454 e. The van der Waals surface area contributed by atoms with E-state index >= 15 is 0 Å². The summed E-state index contributed by atoms with van der Waals surface area (Å²) in [6, 6.07) is 5.54. The van der Waals surface area contributed by atoms with Gasteiger partial charge in [0.2, 0.25) is 6.79 Å². The molecule has 1 aromatic carbocycles. The van der Waals surface area contributed by atoms with Crippen LogP contribution in [0.15, 0.2) is 23.0 Å². The lowest BCUT2D eigenvalue weighted by Crippen LogP contribution is -2.17. The topological polar surface area (TPSA) is 64.2 Å². The number of aromatic nitrogens is 2. The van der Waals surface area contributed by atoms with E-state index in [1.165, 1.54) is 0 Å². The van der Waals surface area contributed by atoms with Crippen molar-refractivity contribution in [1.29, 1.82) is 0 Å². The van der Waals surface area contributed by atoms with E-state index in [1.807, 2.05) is 18.2 Å². The molecule has 110 valence electrons. The summed E-state index contributed by atoms with van der Waals surface area (Å²) in [5, 5.41) is 0. The highest BCUT2D eigenvalue weighted by atomic mass is 127. The van der Waals surface area contributed by atoms with Crippen LogP contribution in [0.3, 0.4) is 0 Å². The van der Waals surface area contributed by atoms with E-state index in [2.05, 4.69) is 46.4 Å². The van der Waals surface area contributed by atoms with E-state index in [1.54, 1.807) is 0 Å². The molecular weight excluding hydrogens is 383 g/mol. The molecule has 0 amide bonds. The van der Waals surface area contributed by atoms with Crippen LogP contribution in [-0.2, 0) is 6.42 Å². The summed E-state index contributed by atoms with van der Waals surface area (Å²) in [6.07, 6.45) is 0.778. The Morgan fingerprint density at radius 3 is 2.86 bits per heavy atom. The zero-order valence-electron chi connectivity index (χ0n) is 11.8. The average Bonchev–Trinajstić information content (AvgIpc) is 2.90. The minimum atomic E-state index is -0.103. The molecule has 6 heteroatoms. The number of hydrogen-bond acceptors (Lipinski definition) is 4. The van der Waals surface area contributed by atoms with E-state index < -0.39 is 0 Å². The maximum absolute atomic E-state index is 12.1. The van der Waals surface area contributed by atoms with Crippen molar-refractivity contribution >= 4 is 22.6 Å². The Hall–Kier alpha value is -1.57. The van der Waals surface area contributed by atoms with Gasteiger partial charge in [0.1, 0.15) is 5.82 Å². The number of H-pyrrole nitrogens is 1. The van der Waals surface area contributed by atoms with Crippen molar-refractivity contribution in [2.75, 3.05) is 6.79 Å². The molecule has 0 radical (unpaired) electrons.